The number of carbonyl (C=O) groups excluding carboxylic acids is 1. The van der Waals surface area contributed by atoms with Crippen molar-refractivity contribution in [2.75, 3.05) is 0 Å². The van der Waals surface area contributed by atoms with Crippen LogP contribution in [-0.2, 0) is 9.53 Å². The van der Waals surface area contributed by atoms with Gasteiger partial charge in [0.2, 0.25) is 0 Å². The van der Waals surface area contributed by atoms with Crippen LogP contribution in [0.25, 0.3) is 0 Å². The van der Waals surface area contributed by atoms with E-state index in [0.29, 0.717) is 6.42 Å². The van der Waals surface area contributed by atoms with Gasteiger partial charge < -0.3 is 10.5 Å². The van der Waals surface area contributed by atoms with Gasteiger partial charge in [-0.2, -0.15) is 0 Å². The number of rotatable bonds is 8. The smallest absolute Gasteiger partial charge is 0.326 e. The Bertz CT molecular complexity index is 264. The first-order chi connectivity index (χ1) is 8.19. The third kappa shape index (κ3) is 8.29. The molecule has 0 fully saturated rings. The van der Waals surface area contributed by atoms with E-state index in [1.54, 1.807) is 6.92 Å². The van der Waals surface area contributed by atoms with Crippen LogP contribution in [0, 0.1) is 0 Å². The van der Waals surface area contributed by atoms with E-state index in [4.69, 9.17) is 10.5 Å². The van der Waals surface area contributed by atoms with Crippen LogP contribution in [0.4, 0.5) is 0 Å². The van der Waals surface area contributed by atoms with Crippen LogP contribution in [0.3, 0.4) is 0 Å². The lowest BCUT2D eigenvalue weighted by Gasteiger charge is -2.28. The third-order valence-corrected chi connectivity index (χ3v) is 2.72. The lowest BCUT2D eigenvalue weighted by molar-refractivity contribution is -0.161. The molecule has 18 heavy (non-hydrogen) atoms. The molecule has 3 heteroatoms. The molecule has 0 aromatic heterocycles. The van der Waals surface area contributed by atoms with Crippen LogP contribution in [-0.4, -0.2) is 17.1 Å². The summed E-state index contributed by atoms with van der Waals surface area (Å²) in [5.74, 6) is -0.305. The molecule has 106 valence electrons. The molecule has 3 nitrogen and oxygen atoms in total. The Hall–Kier alpha value is -0.830. The molecule has 0 heterocycles. The molecule has 2 N–H and O–H groups in total. The number of hydrogen-bond acceptors (Lipinski definition) is 3. The van der Waals surface area contributed by atoms with E-state index in [-0.39, 0.29) is 5.97 Å². The number of unbranched alkanes of at least 4 members (excludes halogenated alkanes) is 4. The van der Waals surface area contributed by atoms with Gasteiger partial charge in [0.15, 0.2) is 0 Å². The van der Waals surface area contributed by atoms with Crippen molar-refractivity contribution in [2.45, 2.75) is 77.4 Å². The maximum atomic E-state index is 11.9. The fraction of sp³-hybridized carbons (Fsp3) is 0.800. The van der Waals surface area contributed by atoms with E-state index in [0.717, 1.165) is 32.1 Å². The van der Waals surface area contributed by atoms with Gasteiger partial charge in [0.25, 0.3) is 0 Å². The summed E-state index contributed by atoms with van der Waals surface area (Å²) in [5.41, 5.74) is 4.68. The van der Waals surface area contributed by atoms with Gasteiger partial charge in [-0.15, -0.1) is 6.58 Å². The van der Waals surface area contributed by atoms with Crippen LogP contribution in [0.15, 0.2) is 12.7 Å². The summed E-state index contributed by atoms with van der Waals surface area (Å²) in [4.78, 5) is 11.9. The van der Waals surface area contributed by atoms with Gasteiger partial charge in [-0.1, -0.05) is 25.3 Å². The zero-order chi connectivity index (χ0) is 14.2. The monoisotopic (exact) mass is 255 g/mol. The minimum atomic E-state index is -0.869. The average Bonchev–Trinajstić information content (AvgIpc) is 2.20. The second kappa shape index (κ2) is 7.57. The standard InChI is InChI=1S/C15H29NO2/c1-6-7-8-9-10-11-12-15(5,16)13(17)18-14(2,3)4/h6H,1,7-12,16H2,2-5H3/t15-/m0/s1. The maximum Gasteiger partial charge on any atom is 0.326 e. The molecule has 0 aliphatic heterocycles. The number of esters is 1. The van der Waals surface area contributed by atoms with Crippen molar-refractivity contribution in [2.24, 2.45) is 5.73 Å². The Kier molecular flexibility index (Phi) is 7.22. The molecule has 0 aromatic carbocycles. The van der Waals surface area contributed by atoms with Crippen molar-refractivity contribution in [3.8, 4) is 0 Å². The Labute approximate surface area is 112 Å². The molecule has 0 rings (SSSR count). The van der Waals surface area contributed by atoms with E-state index in [1.807, 2.05) is 26.8 Å². The molecule has 1 atom stereocenters. The molecule has 0 bridgehead atoms. The quantitative estimate of drug-likeness (QED) is 0.410. The fourth-order valence-corrected chi connectivity index (χ4v) is 1.63. The molecular formula is C15H29NO2. The summed E-state index contributed by atoms with van der Waals surface area (Å²) in [7, 11) is 0. The van der Waals surface area contributed by atoms with E-state index < -0.39 is 11.1 Å². The highest BCUT2D eigenvalue weighted by molar-refractivity contribution is 5.80. The lowest BCUT2D eigenvalue weighted by Crippen LogP contribution is -2.48. The van der Waals surface area contributed by atoms with Gasteiger partial charge in [0, 0.05) is 0 Å². The minimum Gasteiger partial charge on any atom is -0.459 e. The lowest BCUT2D eigenvalue weighted by atomic mass is 9.95. The molecule has 0 saturated carbocycles. The Morgan fingerprint density at radius 3 is 2.22 bits per heavy atom. The van der Waals surface area contributed by atoms with Crippen LogP contribution in [0.1, 0.15) is 66.2 Å². The number of carbonyl (C=O) groups is 1. The summed E-state index contributed by atoms with van der Waals surface area (Å²) in [6, 6.07) is 0. The minimum absolute atomic E-state index is 0.305. The predicted molar refractivity (Wildman–Crippen MR) is 76.3 cm³/mol. The van der Waals surface area contributed by atoms with Crippen LogP contribution in [0.5, 0.6) is 0 Å². The molecule has 0 aliphatic rings. The van der Waals surface area contributed by atoms with Crippen LogP contribution >= 0.6 is 0 Å². The maximum absolute atomic E-state index is 11.9. The van der Waals surface area contributed by atoms with Crippen molar-refractivity contribution in [3.63, 3.8) is 0 Å². The zero-order valence-corrected chi connectivity index (χ0v) is 12.4. The summed E-state index contributed by atoms with van der Waals surface area (Å²) in [6.45, 7) is 11.0. The first-order valence-corrected chi connectivity index (χ1v) is 6.82. The van der Waals surface area contributed by atoms with E-state index in [9.17, 15) is 4.79 Å². The number of allylic oxidation sites excluding steroid dienone is 1. The van der Waals surface area contributed by atoms with E-state index in [2.05, 4.69) is 6.58 Å². The summed E-state index contributed by atoms with van der Waals surface area (Å²) in [6.07, 6.45) is 8.07. The molecule has 0 spiro atoms. The average molecular weight is 255 g/mol. The van der Waals surface area contributed by atoms with Crippen molar-refractivity contribution in [1.82, 2.24) is 0 Å². The fourth-order valence-electron chi connectivity index (χ4n) is 1.63. The van der Waals surface area contributed by atoms with Crippen LogP contribution in [0.2, 0.25) is 0 Å². The van der Waals surface area contributed by atoms with Gasteiger partial charge >= 0.3 is 5.97 Å². The molecule has 0 radical (unpaired) electrons. The topological polar surface area (TPSA) is 52.3 Å². The van der Waals surface area contributed by atoms with Crippen LogP contribution < -0.4 is 5.73 Å². The third-order valence-electron chi connectivity index (χ3n) is 2.72. The molecule has 0 unspecified atom stereocenters. The SMILES string of the molecule is C=CCCCCCC[C@](C)(N)C(=O)OC(C)(C)C. The summed E-state index contributed by atoms with van der Waals surface area (Å²) in [5, 5.41) is 0. The predicted octanol–water partition coefficient (Wildman–Crippen LogP) is 3.57. The number of ether oxygens (including phenoxy) is 1. The first-order valence-electron chi connectivity index (χ1n) is 6.82. The Morgan fingerprint density at radius 1 is 1.17 bits per heavy atom. The summed E-state index contributed by atoms with van der Waals surface area (Å²) < 4.78 is 5.32. The molecule has 0 aliphatic carbocycles. The van der Waals surface area contributed by atoms with E-state index >= 15 is 0 Å². The molecular weight excluding hydrogens is 226 g/mol. The van der Waals surface area contributed by atoms with E-state index in [1.165, 1.54) is 0 Å². The molecule has 0 aromatic rings. The van der Waals surface area contributed by atoms with Gasteiger partial charge in [-0.25, -0.2) is 0 Å². The Morgan fingerprint density at radius 2 is 1.72 bits per heavy atom. The molecule has 0 saturated heterocycles. The van der Waals surface area contributed by atoms with Gasteiger partial charge in [-0.05, 0) is 47.0 Å². The highest BCUT2D eigenvalue weighted by Crippen LogP contribution is 2.18. The summed E-state index contributed by atoms with van der Waals surface area (Å²) >= 11 is 0. The van der Waals surface area contributed by atoms with Crippen molar-refractivity contribution in [1.29, 1.82) is 0 Å². The molecule has 0 amide bonds. The second-order valence-electron chi connectivity index (χ2n) is 6.16. The van der Waals surface area contributed by atoms with Gasteiger partial charge in [0.05, 0.1) is 0 Å². The van der Waals surface area contributed by atoms with Crippen molar-refractivity contribution >= 4 is 5.97 Å². The van der Waals surface area contributed by atoms with Crippen molar-refractivity contribution in [3.05, 3.63) is 12.7 Å². The highest BCUT2D eigenvalue weighted by Gasteiger charge is 2.32. The number of hydrogen-bond donors (Lipinski definition) is 1. The van der Waals surface area contributed by atoms with Gasteiger partial charge in [0.1, 0.15) is 11.1 Å². The Balaban J connectivity index is 3.92. The van der Waals surface area contributed by atoms with Gasteiger partial charge in [-0.3, -0.25) is 4.79 Å². The largest absolute Gasteiger partial charge is 0.459 e. The van der Waals surface area contributed by atoms with Crippen molar-refractivity contribution < 1.29 is 9.53 Å². The first kappa shape index (κ1) is 17.2. The number of nitrogens with two attached hydrogens (primary N) is 1. The highest BCUT2D eigenvalue weighted by atomic mass is 16.6. The second-order valence-corrected chi connectivity index (χ2v) is 6.16. The normalized spacial score (nSPS) is 14.9. The zero-order valence-electron chi connectivity index (χ0n) is 12.4.